The van der Waals surface area contributed by atoms with Gasteiger partial charge in [-0.3, -0.25) is 9.48 Å². The van der Waals surface area contributed by atoms with Crippen LogP contribution in [0.3, 0.4) is 0 Å². The van der Waals surface area contributed by atoms with Crippen molar-refractivity contribution < 1.29 is 4.79 Å². The summed E-state index contributed by atoms with van der Waals surface area (Å²) < 4.78 is 1.71. The van der Waals surface area contributed by atoms with Crippen molar-refractivity contribution in [1.29, 1.82) is 0 Å². The first kappa shape index (κ1) is 15.9. The minimum absolute atomic E-state index is 0.119. The van der Waals surface area contributed by atoms with Crippen LogP contribution in [-0.4, -0.2) is 22.2 Å². The number of thiophene rings is 1. The fourth-order valence-electron chi connectivity index (χ4n) is 3.22. The lowest BCUT2D eigenvalue weighted by molar-refractivity contribution is 0.102. The van der Waals surface area contributed by atoms with Gasteiger partial charge in [-0.2, -0.15) is 5.10 Å². The van der Waals surface area contributed by atoms with E-state index in [-0.39, 0.29) is 5.91 Å². The Bertz CT molecular complexity index is 927. The first-order valence-electron chi connectivity index (χ1n) is 8.32. The average molecular weight is 352 g/mol. The molecular formula is C19H20N4OS. The van der Waals surface area contributed by atoms with Crippen LogP contribution in [0.5, 0.6) is 0 Å². The topological polar surface area (TPSA) is 50.2 Å². The molecule has 1 N–H and O–H groups in total. The van der Waals surface area contributed by atoms with Crippen molar-refractivity contribution in [3.8, 4) is 0 Å². The number of rotatable bonds is 3. The van der Waals surface area contributed by atoms with Crippen molar-refractivity contribution >= 4 is 28.6 Å². The fourth-order valence-corrected chi connectivity index (χ4v) is 4.11. The van der Waals surface area contributed by atoms with Crippen LogP contribution >= 0.6 is 11.3 Å². The van der Waals surface area contributed by atoms with E-state index in [9.17, 15) is 4.79 Å². The molecule has 128 valence electrons. The van der Waals surface area contributed by atoms with E-state index in [1.54, 1.807) is 10.9 Å². The van der Waals surface area contributed by atoms with Gasteiger partial charge < -0.3 is 10.2 Å². The summed E-state index contributed by atoms with van der Waals surface area (Å²) in [5, 5.41) is 9.38. The molecule has 3 heterocycles. The van der Waals surface area contributed by atoms with Crippen molar-refractivity contribution in [3.63, 3.8) is 0 Å². The van der Waals surface area contributed by atoms with E-state index in [1.807, 2.05) is 43.5 Å². The van der Waals surface area contributed by atoms with E-state index in [0.29, 0.717) is 5.56 Å². The van der Waals surface area contributed by atoms with Gasteiger partial charge in [0.1, 0.15) is 0 Å². The third-order valence-electron chi connectivity index (χ3n) is 4.78. The molecule has 0 bridgehead atoms. The molecule has 0 fully saturated rings. The van der Waals surface area contributed by atoms with E-state index in [0.717, 1.165) is 36.6 Å². The number of carbonyl (C=O) groups excluding carboxylic acids is 1. The van der Waals surface area contributed by atoms with Crippen LogP contribution in [0.25, 0.3) is 0 Å². The SMILES string of the molecule is Cc1c(C(=O)Nc2ccccc2N2CCc3sccc3C2)cnn1C. The van der Waals surface area contributed by atoms with Crippen LogP contribution in [0.15, 0.2) is 41.9 Å². The average Bonchev–Trinajstić information content (AvgIpc) is 3.22. The number of hydrogen-bond acceptors (Lipinski definition) is 4. The highest BCUT2D eigenvalue weighted by molar-refractivity contribution is 7.10. The second kappa shape index (κ2) is 6.37. The third-order valence-corrected chi connectivity index (χ3v) is 5.80. The Morgan fingerprint density at radius 2 is 2.12 bits per heavy atom. The molecule has 1 aliphatic rings. The predicted octanol–water partition coefficient (Wildman–Crippen LogP) is 3.61. The number of nitrogens with zero attached hydrogens (tertiary/aromatic N) is 3. The molecule has 0 saturated carbocycles. The summed E-state index contributed by atoms with van der Waals surface area (Å²) >= 11 is 1.83. The zero-order chi connectivity index (χ0) is 17.4. The summed E-state index contributed by atoms with van der Waals surface area (Å²) in [4.78, 5) is 16.5. The monoisotopic (exact) mass is 352 g/mol. The van der Waals surface area contributed by atoms with Gasteiger partial charge in [0.05, 0.1) is 23.1 Å². The molecule has 1 aliphatic heterocycles. The van der Waals surface area contributed by atoms with Crippen LogP contribution in [0.4, 0.5) is 11.4 Å². The maximum absolute atomic E-state index is 12.7. The fraction of sp³-hybridized carbons (Fsp3) is 0.263. The standard InChI is InChI=1S/C19H20N4OS/c1-13-15(11-20-22(13)2)19(24)21-16-5-3-4-6-17(16)23-9-7-18-14(12-23)8-10-25-18/h3-6,8,10-11H,7,9,12H2,1-2H3,(H,21,24). The lowest BCUT2D eigenvalue weighted by Gasteiger charge is -2.30. The number of aryl methyl sites for hydroxylation is 1. The zero-order valence-corrected chi connectivity index (χ0v) is 15.1. The number of hydrogen-bond donors (Lipinski definition) is 1. The number of carbonyl (C=O) groups is 1. The van der Waals surface area contributed by atoms with Gasteiger partial charge in [0.25, 0.3) is 5.91 Å². The second-order valence-electron chi connectivity index (χ2n) is 6.28. The van der Waals surface area contributed by atoms with Crippen molar-refractivity contribution in [1.82, 2.24) is 9.78 Å². The van der Waals surface area contributed by atoms with E-state index >= 15 is 0 Å². The van der Waals surface area contributed by atoms with Crippen molar-refractivity contribution in [2.75, 3.05) is 16.8 Å². The zero-order valence-electron chi connectivity index (χ0n) is 14.3. The molecule has 2 aromatic heterocycles. The van der Waals surface area contributed by atoms with Crippen molar-refractivity contribution in [2.45, 2.75) is 19.9 Å². The Morgan fingerprint density at radius 3 is 2.92 bits per heavy atom. The van der Waals surface area contributed by atoms with Gasteiger partial charge in [-0.15, -0.1) is 11.3 Å². The summed E-state index contributed by atoms with van der Waals surface area (Å²) in [6.45, 7) is 3.75. The second-order valence-corrected chi connectivity index (χ2v) is 7.28. The highest BCUT2D eigenvalue weighted by Crippen LogP contribution is 2.32. The smallest absolute Gasteiger partial charge is 0.259 e. The molecule has 5 nitrogen and oxygen atoms in total. The van der Waals surface area contributed by atoms with Gasteiger partial charge in [-0.05, 0) is 42.5 Å². The summed E-state index contributed by atoms with van der Waals surface area (Å²) in [6.07, 6.45) is 2.67. The Hall–Kier alpha value is -2.60. The van der Waals surface area contributed by atoms with Gasteiger partial charge in [0.2, 0.25) is 0 Å². The van der Waals surface area contributed by atoms with E-state index in [4.69, 9.17) is 0 Å². The van der Waals surface area contributed by atoms with Crippen LogP contribution in [0.1, 0.15) is 26.5 Å². The lowest BCUT2D eigenvalue weighted by Crippen LogP contribution is -2.30. The Kier molecular flexibility index (Phi) is 4.05. The Labute approximate surface area is 150 Å². The number of amides is 1. The lowest BCUT2D eigenvalue weighted by atomic mass is 10.1. The molecule has 1 amide bonds. The number of anilines is 2. The molecule has 0 radical (unpaired) electrons. The highest BCUT2D eigenvalue weighted by Gasteiger charge is 2.21. The van der Waals surface area contributed by atoms with E-state index < -0.39 is 0 Å². The van der Waals surface area contributed by atoms with E-state index in [1.165, 1.54) is 10.4 Å². The summed E-state index contributed by atoms with van der Waals surface area (Å²) in [5.41, 5.74) is 4.76. The van der Waals surface area contributed by atoms with Crippen LogP contribution < -0.4 is 10.2 Å². The summed E-state index contributed by atoms with van der Waals surface area (Å²) in [5.74, 6) is -0.119. The van der Waals surface area contributed by atoms with E-state index in [2.05, 4.69) is 32.8 Å². The van der Waals surface area contributed by atoms with Crippen LogP contribution in [0.2, 0.25) is 0 Å². The van der Waals surface area contributed by atoms with Gasteiger partial charge in [-0.1, -0.05) is 12.1 Å². The number of nitrogens with one attached hydrogen (secondary N) is 1. The van der Waals surface area contributed by atoms with Gasteiger partial charge in [0.15, 0.2) is 0 Å². The molecule has 0 spiro atoms. The molecule has 25 heavy (non-hydrogen) atoms. The number of benzene rings is 1. The number of aromatic nitrogens is 2. The molecule has 0 saturated heterocycles. The number of para-hydroxylation sites is 2. The van der Waals surface area contributed by atoms with Crippen molar-refractivity contribution in [3.05, 3.63) is 63.6 Å². The Morgan fingerprint density at radius 1 is 1.28 bits per heavy atom. The molecule has 0 aliphatic carbocycles. The quantitative estimate of drug-likeness (QED) is 0.783. The molecule has 0 unspecified atom stereocenters. The third kappa shape index (κ3) is 2.93. The molecule has 6 heteroatoms. The molecule has 0 atom stereocenters. The first-order valence-corrected chi connectivity index (χ1v) is 9.20. The van der Waals surface area contributed by atoms with Crippen molar-refractivity contribution in [2.24, 2.45) is 7.05 Å². The van der Waals surface area contributed by atoms with Gasteiger partial charge >= 0.3 is 0 Å². The largest absolute Gasteiger partial charge is 0.365 e. The van der Waals surface area contributed by atoms with Crippen LogP contribution in [0, 0.1) is 6.92 Å². The highest BCUT2D eigenvalue weighted by atomic mass is 32.1. The number of fused-ring (bicyclic) bond motifs is 1. The summed E-state index contributed by atoms with van der Waals surface area (Å²) in [7, 11) is 1.84. The molecule has 4 rings (SSSR count). The minimum Gasteiger partial charge on any atom is -0.365 e. The van der Waals surface area contributed by atoms with Gasteiger partial charge in [-0.25, -0.2) is 0 Å². The summed E-state index contributed by atoms with van der Waals surface area (Å²) in [6, 6.07) is 10.2. The minimum atomic E-state index is -0.119. The molecule has 1 aromatic carbocycles. The normalized spacial score (nSPS) is 13.6. The molecule has 3 aromatic rings. The molecular weight excluding hydrogens is 332 g/mol. The van der Waals surface area contributed by atoms with Gasteiger partial charge in [0, 0.05) is 30.7 Å². The Balaban J connectivity index is 1.60. The maximum Gasteiger partial charge on any atom is 0.259 e. The first-order chi connectivity index (χ1) is 12.1. The maximum atomic E-state index is 12.7. The van der Waals surface area contributed by atoms with Crippen LogP contribution in [-0.2, 0) is 20.0 Å². The predicted molar refractivity (Wildman–Crippen MR) is 101 cm³/mol.